The normalized spacial score (nSPS) is 13.9. The van der Waals surface area contributed by atoms with E-state index >= 15 is 0 Å². The molecule has 2 aromatic carbocycles. The van der Waals surface area contributed by atoms with Crippen molar-refractivity contribution in [1.82, 2.24) is 9.80 Å². The smallest absolute Gasteiger partial charge is 0.261 e. The van der Waals surface area contributed by atoms with E-state index in [0.717, 1.165) is 5.56 Å². The zero-order chi connectivity index (χ0) is 20.8. The highest BCUT2D eigenvalue weighted by atomic mass is 35.5. The molecule has 29 heavy (non-hydrogen) atoms. The number of methoxy groups -OCH3 is 2. The van der Waals surface area contributed by atoms with E-state index in [2.05, 4.69) is 0 Å². The molecule has 0 spiro atoms. The molecule has 7 heteroatoms. The number of halogens is 1. The lowest BCUT2D eigenvalue weighted by Gasteiger charge is -2.35. The van der Waals surface area contributed by atoms with Crippen LogP contribution in [0.25, 0.3) is 0 Å². The molecule has 0 aliphatic carbocycles. The molecule has 0 saturated carbocycles. The highest BCUT2D eigenvalue weighted by Crippen LogP contribution is 2.30. The van der Waals surface area contributed by atoms with E-state index < -0.39 is 0 Å². The van der Waals surface area contributed by atoms with Crippen LogP contribution in [0.4, 0.5) is 0 Å². The number of ether oxygens (including phenoxy) is 2. The van der Waals surface area contributed by atoms with Gasteiger partial charge < -0.3 is 19.3 Å². The Morgan fingerprint density at radius 1 is 0.897 bits per heavy atom. The average Bonchev–Trinajstić information content (AvgIpc) is 2.77. The second kappa shape index (κ2) is 9.65. The predicted octanol–water partition coefficient (Wildman–Crippen LogP) is 3.27. The zero-order valence-corrected chi connectivity index (χ0v) is 17.4. The summed E-state index contributed by atoms with van der Waals surface area (Å²) in [5.74, 6) is 0.918. The molecule has 1 aliphatic heterocycles. The molecule has 0 radical (unpaired) electrons. The number of amides is 2. The lowest BCUT2D eigenvalue weighted by Crippen LogP contribution is -2.50. The van der Waals surface area contributed by atoms with Crippen molar-refractivity contribution in [2.45, 2.75) is 12.8 Å². The van der Waals surface area contributed by atoms with Gasteiger partial charge in [-0.25, -0.2) is 0 Å². The Hall–Kier alpha value is -2.73. The van der Waals surface area contributed by atoms with E-state index in [1.165, 1.54) is 14.2 Å². The molecule has 0 aromatic heterocycles. The summed E-state index contributed by atoms with van der Waals surface area (Å²) in [4.78, 5) is 29.1. The van der Waals surface area contributed by atoms with Crippen molar-refractivity contribution in [2.75, 3.05) is 40.4 Å². The summed E-state index contributed by atoms with van der Waals surface area (Å²) >= 11 is 5.89. The molecule has 0 N–H and O–H groups in total. The highest BCUT2D eigenvalue weighted by molar-refractivity contribution is 6.30. The van der Waals surface area contributed by atoms with E-state index in [1.807, 2.05) is 29.2 Å². The van der Waals surface area contributed by atoms with E-state index in [-0.39, 0.29) is 11.8 Å². The fourth-order valence-electron chi connectivity index (χ4n) is 3.44. The van der Waals surface area contributed by atoms with Gasteiger partial charge in [-0.1, -0.05) is 29.8 Å². The quantitative estimate of drug-likeness (QED) is 0.725. The van der Waals surface area contributed by atoms with Crippen molar-refractivity contribution in [3.05, 3.63) is 58.6 Å². The van der Waals surface area contributed by atoms with Crippen molar-refractivity contribution >= 4 is 23.4 Å². The molecule has 1 saturated heterocycles. The van der Waals surface area contributed by atoms with Gasteiger partial charge in [-0.15, -0.1) is 0 Å². The Kier molecular flexibility index (Phi) is 6.99. The molecule has 0 bridgehead atoms. The largest absolute Gasteiger partial charge is 0.496 e. The Morgan fingerprint density at radius 3 is 2.00 bits per heavy atom. The van der Waals surface area contributed by atoms with Crippen LogP contribution in [0, 0.1) is 0 Å². The van der Waals surface area contributed by atoms with Gasteiger partial charge in [-0.05, 0) is 36.2 Å². The third kappa shape index (κ3) is 5.01. The van der Waals surface area contributed by atoms with Crippen LogP contribution >= 0.6 is 11.6 Å². The second-order valence-corrected chi connectivity index (χ2v) is 7.27. The minimum atomic E-state index is -0.146. The minimum absolute atomic E-state index is 0.0990. The number of benzene rings is 2. The molecule has 3 rings (SSSR count). The van der Waals surface area contributed by atoms with Crippen LogP contribution in [0.1, 0.15) is 22.3 Å². The molecule has 1 fully saturated rings. The molecule has 0 unspecified atom stereocenters. The van der Waals surface area contributed by atoms with Gasteiger partial charge >= 0.3 is 0 Å². The Balaban J connectivity index is 1.57. The standard InChI is InChI=1S/C22H25ClN2O4/c1-28-18-4-3-5-19(29-2)21(18)22(27)25-14-12-24(13-15-25)20(26)11-8-16-6-9-17(23)10-7-16/h3-7,9-10H,8,11-15H2,1-2H3. The lowest BCUT2D eigenvalue weighted by atomic mass is 10.1. The number of hydrogen-bond donors (Lipinski definition) is 0. The first-order valence-electron chi connectivity index (χ1n) is 9.56. The van der Waals surface area contributed by atoms with Crippen molar-refractivity contribution in [1.29, 1.82) is 0 Å². The van der Waals surface area contributed by atoms with E-state index in [4.69, 9.17) is 21.1 Å². The summed E-state index contributed by atoms with van der Waals surface area (Å²) in [5.41, 5.74) is 1.50. The predicted molar refractivity (Wildman–Crippen MR) is 112 cm³/mol. The van der Waals surface area contributed by atoms with Gasteiger partial charge in [0.15, 0.2) is 0 Å². The van der Waals surface area contributed by atoms with Gasteiger partial charge in [0, 0.05) is 37.6 Å². The number of carbonyl (C=O) groups excluding carboxylic acids is 2. The molecule has 2 aromatic rings. The first-order chi connectivity index (χ1) is 14.0. The van der Waals surface area contributed by atoms with Gasteiger partial charge in [-0.3, -0.25) is 9.59 Å². The number of rotatable bonds is 6. The fraction of sp³-hybridized carbons (Fsp3) is 0.364. The molecular weight excluding hydrogens is 392 g/mol. The van der Waals surface area contributed by atoms with Crippen molar-refractivity contribution in [2.24, 2.45) is 0 Å². The van der Waals surface area contributed by atoms with Crippen LogP contribution in [0.2, 0.25) is 5.02 Å². The van der Waals surface area contributed by atoms with Crippen molar-refractivity contribution < 1.29 is 19.1 Å². The van der Waals surface area contributed by atoms with E-state index in [0.29, 0.717) is 61.1 Å². The molecule has 154 valence electrons. The maximum atomic E-state index is 13.0. The SMILES string of the molecule is COc1cccc(OC)c1C(=O)N1CCN(C(=O)CCc2ccc(Cl)cc2)CC1. The zero-order valence-electron chi connectivity index (χ0n) is 16.7. The van der Waals surface area contributed by atoms with Gasteiger partial charge in [-0.2, -0.15) is 0 Å². The van der Waals surface area contributed by atoms with Gasteiger partial charge in [0.1, 0.15) is 17.1 Å². The summed E-state index contributed by atoms with van der Waals surface area (Å²) in [7, 11) is 3.06. The molecule has 6 nitrogen and oxygen atoms in total. The lowest BCUT2D eigenvalue weighted by molar-refractivity contribution is -0.132. The summed E-state index contributed by atoms with van der Waals surface area (Å²) < 4.78 is 10.7. The van der Waals surface area contributed by atoms with Crippen LogP contribution in [-0.2, 0) is 11.2 Å². The first-order valence-corrected chi connectivity index (χ1v) is 9.93. The maximum Gasteiger partial charge on any atom is 0.261 e. The summed E-state index contributed by atoms with van der Waals surface area (Å²) in [5, 5.41) is 0.688. The first kappa shape index (κ1) is 21.0. The second-order valence-electron chi connectivity index (χ2n) is 6.84. The van der Waals surface area contributed by atoms with E-state index in [9.17, 15) is 9.59 Å². The van der Waals surface area contributed by atoms with Crippen LogP contribution in [0.3, 0.4) is 0 Å². The fourth-order valence-corrected chi connectivity index (χ4v) is 3.57. The van der Waals surface area contributed by atoms with Crippen LogP contribution < -0.4 is 9.47 Å². The van der Waals surface area contributed by atoms with Crippen molar-refractivity contribution in [3.63, 3.8) is 0 Å². The number of piperazine rings is 1. The number of hydrogen-bond acceptors (Lipinski definition) is 4. The maximum absolute atomic E-state index is 13.0. The number of nitrogens with zero attached hydrogens (tertiary/aromatic N) is 2. The number of carbonyl (C=O) groups is 2. The molecule has 1 heterocycles. The Morgan fingerprint density at radius 2 is 1.45 bits per heavy atom. The average molecular weight is 417 g/mol. The van der Waals surface area contributed by atoms with Crippen LogP contribution in [-0.4, -0.2) is 62.0 Å². The van der Waals surface area contributed by atoms with Crippen LogP contribution in [0.15, 0.2) is 42.5 Å². The Labute approximate surface area is 176 Å². The molecule has 1 aliphatic rings. The summed E-state index contributed by atoms with van der Waals surface area (Å²) in [6.45, 7) is 1.99. The van der Waals surface area contributed by atoms with Gasteiger partial charge in [0.2, 0.25) is 5.91 Å². The monoisotopic (exact) mass is 416 g/mol. The van der Waals surface area contributed by atoms with Crippen LogP contribution in [0.5, 0.6) is 11.5 Å². The third-order valence-electron chi connectivity index (χ3n) is 5.10. The molecule has 0 atom stereocenters. The minimum Gasteiger partial charge on any atom is -0.496 e. The van der Waals surface area contributed by atoms with Crippen molar-refractivity contribution in [3.8, 4) is 11.5 Å². The molecule has 2 amide bonds. The van der Waals surface area contributed by atoms with Gasteiger partial charge in [0.05, 0.1) is 14.2 Å². The molecular formula is C22H25ClN2O4. The summed E-state index contributed by atoms with van der Waals surface area (Å²) in [6.07, 6.45) is 1.11. The summed E-state index contributed by atoms with van der Waals surface area (Å²) in [6, 6.07) is 12.8. The highest BCUT2D eigenvalue weighted by Gasteiger charge is 2.28. The van der Waals surface area contributed by atoms with Gasteiger partial charge in [0.25, 0.3) is 5.91 Å². The topological polar surface area (TPSA) is 59.1 Å². The van der Waals surface area contributed by atoms with E-state index in [1.54, 1.807) is 23.1 Å². The third-order valence-corrected chi connectivity index (χ3v) is 5.35. The number of aryl methyl sites for hydroxylation is 1. The Bertz CT molecular complexity index is 839.